The number of anilines is 3. The molecule has 48 heavy (non-hydrogen) atoms. The van der Waals surface area contributed by atoms with Gasteiger partial charge < -0.3 is 4.90 Å². The van der Waals surface area contributed by atoms with Gasteiger partial charge in [0.05, 0.1) is 5.69 Å². The predicted molar refractivity (Wildman–Crippen MR) is 205 cm³/mol. The van der Waals surface area contributed by atoms with Gasteiger partial charge in [0.2, 0.25) is 0 Å². The third kappa shape index (κ3) is 4.47. The quantitative estimate of drug-likeness (QED) is 0.187. The summed E-state index contributed by atoms with van der Waals surface area (Å²) in [6.07, 6.45) is 0. The Morgan fingerprint density at radius 2 is 1.08 bits per heavy atom. The van der Waals surface area contributed by atoms with Crippen molar-refractivity contribution in [3.63, 3.8) is 0 Å². The first-order valence-electron chi connectivity index (χ1n) is 16.8. The van der Waals surface area contributed by atoms with Crippen molar-refractivity contribution in [3.05, 3.63) is 187 Å². The molecule has 0 amide bonds. The molecule has 0 N–H and O–H groups in total. The van der Waals surface area contributed by atoms with Crippen molar-refractivity contribution in [1.82, 2.24) is 0 Å². The highest BCUT2D eigenvalue weighted by Crippen LogP contribution is 2.54. The molecule has 0 fully saturated rings. The van der Waals surface area contributed by atoms with E-state index in [2.05, 4.69) is 195 Å². The molecule has 1 aliphatic carbocycles. The van der Waals surface area contributed by atoms with Crippen molar-refractivity contribution < 1.29 is 0 Å². The smallest absolute Gasteiger partial charge is 0.0546 e. The van der Waals surface area contributed by atoms with Crippen molar-refractivity contribution in [2.24, 2.45) is 0 Å². The van der Waals surface area contributed by atoms with Crippen LogP contribution in [0.3, 0.4) is 0 Å². The predicted octanol–water partition coefficient (Wildman–Crippen LogP) is 13.1. The first-order chi connectivity index (χ1) is 23.6. The van der Waals surface area contributed by atoms with E-state index < -0.39 is 0 Å². The lowest BCUT2D eigenvalue weighted by atomic mass is 9.81. The van der Waals surface area contributed by atoms with Gasteiger partial charge in [-0.2, -0.15) is 0 Å². The maximum atomic E-state index is 2.45. The second-order valence-electron chi connectivity index (χ2n) is 13.4. The molecule has 0 aromatic heterocycles. The van der Waals surface area contributed by atoms with E-state index >= 15 is 0 Å². The molecule has 0 atom stereocenters. The summed E-state index contributed by atoms with van der Waals surface area (Å²) in [4.78, 5) is 2.45. The lowest BCUT2D eigenvalue weighted by molar-refractivity contribution is 0.660. The zero-order valence-corrected chi connectivity index (χ0v) is 27.2. The molecule has 0 saturated carbocycles. The van der Waals surface area contributed by atoms with Crippen LogP contribution in [-0.2, 0) is 5.41 Å². The number of para-hydroxylation sites is 1. The summed E-state index contributed by atoms with van der Waals surface area (Å²) in [7, 11) is 0. The summed E-state index contributed by atoms with van der Waals surface area (Å²) in [5, 5.41) is 4.97. The maximum absolute atomic E-state index is 2.45. The Morgan fingerprint density at radius 3 is 1.90 bits per heavy atom. The minimum atomic E-state index is -0.154. The second-order valence-corrected chi connectivity index (χ2v) is 13.4. The average molecular weight is 614 g/mol. The molecule has 228 valence electrons. The zero-order chi connectivity index (χ0) is 32.2. The van der Waals surface area contributed by atoms with Crippen molar-refractivity contribution >= 4 is 38.6 Å². The molecular formula is C47H35N. The van der Waals surface area contributed by atoms with Crippen LogP contribution >= 0.6 is 0 Å². The molecule has 1 aliphatic rings. The molecule has 8 aromatic carbocycles. The second kappa shape index (κ2) is 11.1. The Bertz CT molecular complexity index is 2470. The Kier molecular flexibility index (Phi) is 6.55. The minimum Gasteiger partial charge on any atom is -0.310 e. The van der Waals surface area contributed by atoms with E-state index in [1.54, 1.807) is 0 Å². The van der Waals surface area contributed by atoms with E-state index in [9.17, 15) is 0 Å². The molecule has 0 bridgehead atoms. The van der Waals surface area contributed by atoms with Gasteiger partial charge in [0.1, 0.15) is 0 Å². The van der Waals surface area contributed by atoms with Crippen LogP contribution in [0.4, 0.5) is 17.1 Å². The van der Waals surface area contributed by atoms with E-state index in [-0.39, 0.29) is 5.41 Å². The van der Waals surface area contributed by atoms with Crippen LogP contribution in [0.25, 0.3) is 54.9 Å². The fourth-order valence-corrected chi connectivity index (χ4v) is 7.87. The van der Waals surface area contributed by atoms with Crippen LogP contribution in [0.2, 0.25) is 0 Å². The third-order valence-electron chi connectivity index (χ3n) is 10.2. The fraction of sp³-hybridized carbons (Fsp3) is 0.0638. The Labute approximate surface area is 282 Å². The molecule has 0 saturated heterocycles. The average Bonchev–Trinajstić information content (AvgIpc) is 3.38. The fourth-order valence-electron chi connectivity index (χ4n) is 7.87. The SMILES string of the molecule is CC1(C)c2cc(N(c3ccccc3)c3ccc4ccccc4c3-c3ccc4ccccc4c3)ccc2-c2c(-c3ccccc3)cccc21. The molecule has 0 heterocycles. The van der Waals surface area contributed by atoms with Gasteiger partial charge in [-0.3, -0.25) is 0 Å². The first kappa shape index (κ1) is 28.3. The summed E-state index contributed by atoms with van der Waals surface area (Å²) in [6.45, 7) is 4.75. The highest BCUT2D eigenvalue weighted by atomic mass is 15.1. The zero-order valence-electron chi connectivity index (χ0n) is 27.2. The lowest BCUT2D eigenvalue weighted by Gasteiger charge is -2.30. The summed E-state index contributed by atoms with van der Waals surface area (Å²) in [5.74, 6) is 0. The molecule has 0 aliphatic heterocycles. The summed E-state index contributed by atoms with van der Waals surface area (Å²) >= 11 is 0. The maximum Gasteiger partial charge on any atom is 0.0546 e. The van der Waals surface area contributed by atoms with Crippen molar-refractivity contribution in [3.8, 4) is 33.4 Å². The van der Waals surface area contributed by atoms with E-state index in [1.807, 2.05) is 0 Å². The Morgan fingerprint density at radius 1 is 0.396 bits per heavy atom. The van der Waals surface area contributed by atoms with Crippen LogP contribution in [-0.4, -0.2) is 0 Å². The van der Waals surface area contributed by atoms with E-state index in [4.69, 9.17) is 0 Å². The number of fused-ring (bicyclic) bond motifs is 5. The van der Waals surface area contributed by atoms with Crippen molar-refractivity contribution in [1.29, 1.82) is 0 Å². The van der Waals surface area contributed by atoms with Gasteiger partial charge in [0, 0.05) is 22.4 Å². The van der Waals surface area contributed by atoms with Crippen molar-refractivity contribution in [2.75, 3.05) is 4.90 Å². The lowest BCUT2D eigenvalue weighted by Crippen LogP contribution is -2.17. The molecule has 9 rings (SSSR count). The summed E-state index contributed by atoms with van der Waals surface area (Å²) in [5.41, 5.74) is 13.7. The number of hydrogen-bond acceptors (Lipinski definition) is 1. The summed E-state index contributed by atoms with van der Waals surface area (Å²) < 4.78 is 0. The standard InChI is InChI=1S/C47H35N/c1-47(2)42-23-13-22-40(33-15-5-3-6-16-33)46(42)41-28-27-38(31-43(41)47)48(37-19-7-4-8-20-37)44-29-26-34-17-11-12-21-39(34)45(44)36-25-24-32-14-9-10-18-35(32)30-36/h3-31H,1-2H3. The van der Waals surface area contributed by atoms with Gasteiger partial charge in [0.15, 0.2) is 0 Å². The number of rotatable bonds is 5. The van der Waals surface area contributed by atoms with Crippen LogP contribution < -0.4 is 4.90 Å². The van der Waals surface area contributed by atoms with E-state index in [1.165, 1.54) is 66.1 Å². The molecule has 1 heteroatoms. The van der Waals surface area contributed by atoms with Crippen LogP contribution in [0, 0.1) is 0 Å². The number of nitrogens with zero attached hydrogens (tertiary/aromatic N) is 1. The normalized spacial score (nSPS) is 13.0. The first-order valence-corrected chi connectivity index (χ1v) is 16.8. The van der Waals surface area contributed by atoms with Gasteiger partial charge in [0.25, 0.3) is 0 Å². The monoisotopic (exact) mass is 613 g/mol. The molecule has 0 radical (unpaired) electrons. The van der Waals surface area contributed by atoms with Gasteiger partial charge in [-0.25, -0.2) is 0 Å². The van der Waals surface area contributed by atoms with Gasteiger partial charge in [-0.1, -0.05) is 153 Å². The highest BCUT2D eigenvalue weighted by Gasteiger charge is 2.37. The highest BCUT2D eigenvalue weighted by molar-refractivity contribution is 6.07. The molecule has 1 nitrogen and oxygen atoms in total. The molecule has 8 aromatic rings. The van der Waals surface area contributed by atoms with E-state index in [0.29, 0.717) is 0 Å². The molecular weight excluding hydrogens is 579 g/mol. The topological polar surface area (TPSA) is 3.24 Å². The van der Waals surface area contributed by atoms with Crippen LogP contribution in [0.1, 0.15) is 25.0 Å². The van der Waals surface area contributed by atoms with Gasteiger partial charge >= 0.3 is 0 Å². The Balaban J connectivity index is 1.29. The van der Waals surface area contributed by atoms with Crippen molar-refractivity contribution in [2.45, 2.75) is 19.3 Å². The van der Waals surface area contributed by atoms with Gasteiger partial charge in [-0.15, -0.1) is 0 Å². The number of benzene rings is 8. The number of hydrogen-bond donors (Lipinski definition) is 0. The third-order valence-corrected chi connectivity index (χ3v) is 10.2. The summed E-state index contributed by atoms with van der Waals surface area (Å²) in [6, 6.07) is 64.4. The Hall–Kier alpha value is -5.92. The van der Waals surface area contributed by atoms with E-state index in [0.717, 1.165) is 17.1 Å². The minimum absolute atomic E-state index is 0.154. The van der Waals surface area contributed by atoms with Gasteiger partial charge in [-0.05, 0) is 96.9 Å². The van der Waals surface area contributed by atoms with Crippen LogP contribution in [0.5, 0.6) is 0 Å². The molecule has 0 unspecified atom stereocenters. The van der Waals surface area contributed by atoms with Crippen LogP contribution in [0.15, 0.2) is 176 Å². The molecule has 0 spiro atoms. The largest absolute Gasteiger partial charge is 0.310 e.